The number of ketones is 1. The van der Waals surface area contributed by atoms with Gasteiger partial charge in [-0.05, 0) is 54.8 Å². The number of aromatic nitrogens is 1. The van der Waals surface area contributed by atoms with E-state index in [1.54, 1.807) is 49.7 Å². The van der Waals surface area contributed by atoms with Crippen LogP contribution in [0.4, 0.5) is 5.69 Å². The maximum absolute atomic E-state index is 13.6. The second-order valence-corrected chi connectivity index (χ2v) is 9.50. The molecule has 0 saturated carbocycles. The van der Waals surface area contributed by atoms with Crippen molar-refractivity contribution in [1.29, 1.82) is 0 Å². The largest absolute Gasteiger partial charge is 0.507 e. The van der Waals surface area contributed by atoms with Crippen molar-refractivity contribution in [3.05, 3.63) is 95.2 Å². The molecule has 1 amide bonds. The summed E-state index contributed by atoms with van der Waals surface area (Å²) >= 11 is 0. The summed E-state index contributed by atoms with van der Waals surface area (Å²) in [6, 6.07) is 19.2. The Morgan fingerprint density at radius 2 is 1.84 bits per heavy atom. The quantitative estimate of drug-likeness (QED) is 0.172. The van der Waals surface area contributed by atoms with Crippen molar-refractivity contribution < 1.29 is 24.2 Å². The third-order valence-corrected chi connectivity index (χ3v) is 6.89. The summed E-state index contributed by atoms with van der Waals surface area (Å²) in [4.78, 5) is 31.9. The molecule has 0 aliphatic carbocycles. The van der Waals surface area contributed by atoms with E-state index in [0.29, 0.717) is 34.9 Å². The molecule has 1 aliphatic rings. The lowest BCUT2D eigenvalue weighted by Gasteiger charge is -2.25. The average Bonchev–Trinajstić information content (AvgIpc) is 3.46. The molecular weight excluding hydrogens is 480 g/mol. The number of methoxy groups -OCH3 is 1. The van der Waals surface area contributed by atoms with E-state index in [1.165, 1.54) is 4.90 Å². The summed E-state index contributed by atoms with van der Waals surface area (Å²) in [7, 11) is 1.60. The first-order chi connectivity index (χ1) is 18.3. The highest BCUT2D eigenvalue weighted by Crippen LogP contribution is 2.45. The van der Waals surface area contributed by atoms with Crippen LogP contribution in [0.3, 0.4) is 0 Å². The Balaban J connectivity index is 1.75. The lowest BCUT2D eigenvalue weighted by atomic mass is 9.93. The van der Waals surface area contributed by atoms with Crippen LogP contribution in [0.25, 0.3) is 16.7 Å². The molecule has 7 nitrogen and oxygen atoms in total. The molecule has 0 radical (unpaired) electrons. The number of benzene rings is 3. The number of carbonyl (C=O) groups excluding carboxylic acids is 2. The van der Waals surface area contributed by atoms with E-state index in [1.807, 2.05) is 51.1 Å². The number of amides is 1. The molecule has 2 N–H and O–H groups in total. The van der Waals surface area contributed by atoms with Crippen molar-refractivity contribution in [3.8, 4) is 11.5 Å². The third kappa shape index (κ3) is 4.20. The molecule has 0 spiro atoms. The first-order valence-electron chi connectivity index (χ1n) is 12.6. The van der Waals surface area contributed by atoms with Crippen molar-refractivity contribution in [2.24, 2.45) is 0 Å². The van der Waals surface area contributed by atoms with Gasteiger partial charge in [0.15, 0.2) is 0 Å². The van der Waals surface area contributed by atoms with Crippen molar-refractivity contribution in [2.45, 2.75) is 32.7 Å². The van der Waals surface area contributed by atoms with Gasteiger partial charge in [-0.15, -0.1) is 0 Å². The number of rotatable bonds is 7. The number of hydrogen-bond donors (Lipinski definition) is 2. The average molecular weight is 511 g/mol. The van der Waals surface area contributed by atoms with Crippen LogP contribution in [0.2, 0.25) is 0 Å². The molecule has 1 fully saturated rings. The van der Waals surface area contributed by atoms with Crippen LogP contribution in [0.1, 0.15) is 49.4 Å². The van der Waals surface area contributed by atoms with Crippen LogP contribution >= 0.6 is 0 Å². The zero-order valence-electron chi connectivity index (χ0n) is 21.8. The Hall–Kier alpha value is -4.52. The van der Waals surface area contributed by atoms with Crippen LogP contribution in [-0.4, -0.2) is 35.5 Å². The molecule has 1 unspecified atom stereocenters. The number of nitrogens with one attached hydrogen (secondary N) is 1. The van der Waals surface area contributed by atoms with Gasteiger partial charge in [-0.3, -0.25) is 14.5 Å². The zero-order chi connectivity index (χ0) is 27.0. The molecule has 3 aromatic carbocycles. The molecule has 7 heteroatoms. The molecule has 1 atom stereocenters. The van der Waals surface area contributed by atoms with Crippen LogP contribution < -0.4 is 14.4 Å². The van der Waals surface area contributed by atoms with Gasteiger partial charge in [0.25, 0.3) is 11.7 Å². The summed E-state index contributed by atoms with van der Waals surface area (Å²) in [6.07, 6.45) is 1.79. The number of ether oxygens (including phenoxy) is 2. The summed E-state index contributed by atoms with van der Waals surface area (Å²) in [5.74, 6) is -0.300. The molecule has 1 aliphatic heterocycles. The Kier molecular flexibility index (Phi) is 6.68. The number of H-pyrrole nitrogens is 1. The minimum Gasteiger partial charge on any atom is -0.507 e. The molecular formula is C31H30N2O5. The molecule has 1 aromatic heterocycles. The Labute approximate surface area is 221 Å². The Morgan fingerprint density at radius 1 is 1.05 bits per heavy atom. The highest BCUT2D eigenvalue weighted by molar-refractivity contribution is 6.52. The number of nitrogens with zero attached hydrogens (tertiary/aromatic N) is 1. The fourth-order valence-corrected chi connectivity index (χ4v) is 5.09. The fraction of sp³-hybridized carbons (Fsp3) is 0.226. The molecule has 38 heavy (non-hydrogen) atoms. The van der Waals surface area contributed by atoms with Crippen LogP contribution in [0.15, 0.2) is 78.5 Å². The van der Waals surface area contributed by atoms with E-state index in [-0.39, 0.29) is 17.3 Å². The molecule has 2 heterocycles. The first kappa shape index (κ1) is 25.1. The van der Waals surface area contributed by atoms with Crippen LogP contribution in [0.5, 0.6) is 11.5 Å². The zero-order valence-corrected chi connectivity index (χ0v) is 21.8. The first-order valence-corrected chi connectivity index (χ1v) is 12.6. The number of aliphatic hydroxyl groups is 1. The van der Waals surface area contributed by atoms with Crippen molar-refractivity contribution >= 4 is 34.0 Å². The van der Waals surface area contributed by atoms with Gasteiger partial charge in [0.1, 0.15) is 17.3 Å². The monoisotopic (exact) mass is 510 g/mol. The van der Waals surface area contributed by atoms with E-state index < -0.39 is 17.7 Å². The number of para-hydroxylation sites is 1. The fourth-order valence-electron chi connectivity index (χ4n) is 5.09. The van der Waals surface area contributed by atoms with Gasteiger partial charge < -0.3 is 19.6 Å². The highest BCUT2D eigenvalue weighted by Gasteiger charge is 2.47. The third-order valence-electron chi connectivity index (χ3n) is 6.89. The Bertz CT molecular complexity index is 1570. The standard InChI is InChI=1S/C31H30N2O5/c1-5-38-21-10-8-9-20(16-21)33-28(24-17-32-25-12-7-6-11-22(24)25)27(30(35)31(33)36)29(34)19-13-14-26(37-4)23(15-19)18(2)3/h6-18,28,32,34H,5H2,1-4H3/b29-27+. The second kappa shape index (κ2) is 10.1. The predicted octanol–water partition coefficient (Wildman–Crippen LogP) is 6.32. The summed E-state index contributed by atoms with van der Waals surface area (Å²) in [6.45, 7) is 6.39. The van der Waals surface area contributed by atoms with E-state index in [0.717, 1.165) is 16.5 Å². The minimum atomic E-state index is -0.854. The van der Waals surface area contributed by atoms with Gasteiger partial charge in [-0.2, -0.15) is 0 Å². The Morgan fingerprint density at radius 3 is 2.58 bits per heavy atom. The number of hydrogen-bond acceptors (Lipinski definition) is 5. The van der Waals surface area contributed by atoms with Gasteiger partial charge in [0.2, 0.25) is 0 Å². The molecule has 0 bridgehead atoms. The minimum absolute atomic E-state index is 0.0291. The lowest BCUT2D eigenvalue weighted by Crippen LogP contribution is -2.29. The van der Waals surface area contributed by atoms with E-state index in [9.17, 15) is 14.7 Å². The van der Waals surface area contributed by atoms with Crippen molar-refractivity contribution in [1.82, 2.24) is 4.98 Å². The van der Waals surface area contributed by atoms with Crippen LogP contribution in [0, 0.1) is 0 Å². The number of carbonyl (C=O) groups is 2. The summed E-state index contributed by atoms with van der Waals surface area (Å²) in [5.41, 5.74) is 3.44. The normalized spacial score (nSPS) is 17.0. The number of anilines is 1. The van der Waals surface area contributed by atoms with Gasteiger partial charge in [-0.1, -0.05) is 38.1 Å². The highest BCUT2D eigenvalue weighted by atomic mass is 16.5. The molecule has 4 aromatic rings. The number of aromatic amines is 1. The SMILES string of the molecule is CCOc1cccc(N2C(=O)C(=O)/C(=C(/O)c3ccc(OC)c(C(C)C)c3)C2c2c[nH]c3ccccc23)c1. The van der Waals surface area contributed by atoms with E-state index >= 15 is 0 Å². The predicted molar refractivity (Wildman–Crippen MR) is 148 cm³/mol. The van der Waals surface area contributed by atoms with E-state index in [4.69, 9.17) is 9.47 Å². The molecule has 194 valence electrons. The van der Waals surface area contributed by atoms with Gasteiger partial charge in [-0.25, -0.2) is 0 Å². The van der Waals surface area contributed by atoms with Gasteiger partial charge >= 0.3 is 0 Å². The summed E-state index contributed by atoms with van der Waals surface area (Å²) < 4.78 is 11.2. The lowest BCUT2D eigenvalue weighted by molar-refractivity contribution is -0.132. The molecule has 5 rings (SSSR count). The number of fused-ring (bicyclic) bond motifs is 1. The number of aliphatic hydroxyl groups excluding tert-OH is 1. The maximum Gasteiger partial charge on any atom is 0.300 e. The second-order valence-electron chi connectivity index (χ2n) is 9.50. The van der Waals surface area contributed by atoms with E-state index in [2.05, 4.69) is 4.98 Å². The summed E-state index contributed by atoms with van der Waals surface area (Å²) in [5, 5.41) is 12.5. The van der Waals surface area contributed by atoms with Gasteiger partial charge in [0.05, 0.1) is 25.3 Å². The van der Waals surface area contributed by atoms with Crippen molar-refractivity contribution in [3.63, 3.8) is 0 Å². The van der Waals surface area contributed by atoms with Crippen LogP contribution in [-0.2, 0) is 9.59 Å². The number of Topliss-reactive ketones (excluding diaryl/α,β-unsaturated/α-hetero) is 1. The molecule has 1 saturated heterocycles. The smallest absolute Gasteiger partial charge is 0.300 e. The maximum atomic E-state index is 13.6. The van der Waals surface area contributed by atoms with Crippen molar-refractivity contribution in [2.75, 3.05) is 18.6 Å². The van der Waals surface area contributed by atoms with Gasteiger partial charge in [0, 0.05) is 40.0 Å². The topological polar surface area (TPSA) is 91.9 Å².